The van der Waals surface area contributed by atoms with Crippen LogP contribution in [-0.4, -0.2) is 11.5 Å². The smallest absolute Gasteiger partial charge is 0.0815 e. The predicted molar refractivity (Wildman–Crippen MR) is 68.8 cm³/mol. The molecule has 2 aromatic rings. The second-order valence-electron chi connectivity index (χ2n) is 4.65. The lowest BCUT2D eigenvalue weighted by Crippen LogP contribution is -2.20. The van der Waals surface area contributed by atoms with Crippen LogP contribution in [0.5, 0.6) is 0 Å². The Balaban J connectivity index is 1.75. The Bertz CT molecular complexity index is 487. The first-order valence-corrected chi connectivity index (χ1v) is 6.77. The molecule has 2 nitrogen and oxygen atoms in total. The molecule has 1 unspecified atom stereocenters. The monoisotopic (exact) mass is 232 g/mol. The van der Waals surface area contributed by atoms with Gasteiger partial charge in [-0.1, -0.05) is 6.07 Å². The quantitative estimate of drug-likeness (QED) is 0.874. The third-order valence-electron chi connectivity index (χ3n) is 3.26. The maximum atomic E-state index is 4.36. The zero-order valence-corrected chi connectivity index (χ0v) is 10.3. The predicted octanol–water partition coefficient (Wildman–Crippen LogP) is 3.36. The third kappa shape index (κ3) is 2.11. The van der Waals surface area contributed by atoms with Gasteiger partial charge in [0, 0.05) is 6.04 Å². The lowest BCUT2D eigenvalue weighted by atomic mass is 10.1. The molecule has 0 radical (unpaired) electrons. The Labute approximate surface area is 99.7 Å². The minimum absolute atomic E-state index is 0.437. The average molecular weight is 232 g/mol. The summed E-state index contributed by atoms with van der Waals surface area (Å²) < 4.78 is 1.28. The number of hydrogen-bond acceptors (Lipinski definition) is 3. The van der Waals surface area contributed by atoms with Gasteiger partial charge in [-0.15, -0.1) is 11.3 Å². The molecule has 1 atom stereocenters. The highest BCUT2D eigenvalue weighted by molar-refractivity contribution is 7.16. The lowest BCUT2D eigenvalue weighted by Gasteiger charge is -2.13. The highest BCUT2D eigenvalue weighted by atomic mass is 32.1. The molecule has 16 heavy (non-hydrogen) atoms. The zero-order valence-electron chi connectivity index (χ0n) is 9.44. The van der Waals surface area contributed by atoms with Crippen LogP contribution in [0.3, 0.4) is 0 Å². The van der Waals surface area contributed by atoms with Crippen LogP contribution in [0.15, 0.2) is 23.7 Å². The van der Waals surface area contributed by atoms with E-state index in [1.165, 1.54) is 23.1 Å². The summed E-state index contributed by atoms with van der Waals surface area (Å²) in [6.07, 6.45) is 2.82. The zero-order chi connectivity index (χ0) is 11.0. The van der Waals surface area contributed by atoms with Crippen molar-refractivity contribution in [1.82, 2.24) is 10.3 Å². The van der Waals surface area contributed by atoms with E-state index in [9.17, 15) is 0 Å². The molecule has 0 spiro atoms. The number of hydrogen-bond donors (Lipinski definition) is 1. The van der Waals surface area contributed by atoms with Gasteiger partial charge < -0.3 is 5.32 Å². The molecule has 0 bridgehead atoms. The summed E-state index contributed by atoms with van der Waals surface area (Å²) in [6.45, 7) is 3.40. The van der Waals surface area contributed by atoms with E-state index in [1.807, 2.05) is 5.51 Å². The largest absolute Gasteiger partial charge is 0.310 e. The Morgan fingerprint density at radius 3 is 3.19 bits per heavy atom. The summed E-state index contributed by atoms with van der Waals surface area (Å²) in [5.74, 6) is 0.936. The number of nitrogens with one attached hydrogen (secondary N) is 1. The Morgan fingerprint density at radius 2 is 2.38 bits per heavy atom. The Morgan fingerprint density at radius 1 is 1.50 bits per heavy atom. The van der Waals surface area contributed by atoms with Gasteiger partial charge in [0.1, 0.15) is 0 Å². The van der Waals surface area contributed by atoms with Gasteiger partial charge in [-0.2, -0.15) is 0 Å². The number of thiazole rings is 1. The lowest BCUT2D eigenvalue weighted by molar-refractivity contribution is 0.549. The minimum Gasteiger partial charge on any atom is -0.310 e. The first-order valence-electron chi connectivity index (χ1n) is 5.89. The van der Waals surface area contributed by atoms with Crippen molar-refractivity contribution in [3.63, 3.8) is 0 Å². The van der Waals surface area contributed by atoms with Gasteiger partial charge in [-0.3, -0.25) is 0 Å². The second kappa shape index (κ2) is 4.15. The van der Waals surface area contributed by atoms with Crippen molar-refractivity contribution in [2.75, 3.05) is 6.54 Å². The standard InChI is InChI=1S/C13H16N2S/c1-9(14-7-10-2-3-10)11-4-5-13-12(6-11)15-8-16-13/h4-6,8-10,14H,2-3,7H2,1H3. The van der Waals surface area contributed by atoms with E-state index in [0.717, 1.165) is 18.0 Å². The van der Waals surface area contributed by atoms with Crippen molar-refractivity contribution in [3.8, 4) is 0 Å². The summed E-state index contributed by atoms with van der Waals surface area (Å²) >= 11 is 1.70. The normalized spacial score (nSPS) is 17.8. The summed E-state index contributed by atoms with van der Waals surface area (Å²) in [5, 5.41) is 3.59. The van der Waals surface area contributed by atoms with Crippen molar-refractivity contribution in [1.29, 1.82) is 0 Å². The van der Waals surface area contributed by atoms with Crippen LogP contribution in [0.2, 0.25) is 0 Å². The molecule has 1 aromatic heterocycles. The molecule has 1 aromatic carbocycles. The fourth-order valence-corrected chi connectivity index (χ4v) is 2.59. The van der Waals surface area contributed by atoms with E-state index in [2.05, 4.69) is 35.4 Å². The molecule has 1 saturated carbocycles. The highest BCUT2D eigenvalue weighted by Gasteiger charge is 2.21. The first-order chi connectivity index (χ1) is 7.83. The Kier molecular flexibility index (Phi) is 2.65. The molecule has 1 N–H and O–H groups in total. The maximum absolute atomic E-state index is 4.36. The summed E-state index contributed by atoms with van der Waals surface area (Å²) in [7, 11) is 0. The fourth-order valence-electron chi connectivity index (χ4n) is 1.93. The molecular weight excluding hydrogens is 216 g/mol. The molecule has 0 saturated heterocycles. The van der Waals surface area contributed by atoms with Gasteiger partial charge in [0.2, 0.25) is 0 Å². The first kappa shape index (κ1) is 10.2. The van der Waals surface area contributed by atoms with Gasteiger partial charge >= 0.3 is 0 Å². The van der Waals surface area contributed by atoms with Crippen LogP contribution in [0.1, 0.15) is 31.4 Å². The van der Waals surface area contributed by atoms with E-state index in [4.69, 9.17) is 0 Å². The maximum Gasteiger partial charge on any atom is 0.0815 e. The molecule has 1 heterocycles. The number of nitrogens with zero attached hydrogens (tertiary/aromatic N) is 1. The van der Waals surface area contributed by atoms with Gasteiger partial charge in [-0.25, -0.2) is 4.98 Å². The molecule has 1 fully saturated rings. The average Bonchev–Trinajstić information content (AvgIpc) is 3.01. The molecule has 3 heteroatoms. The molecule has 1 aliphatic rings. The number of aromatic nitrogens is 1. The molecule has 0 amide bonds. The van der Waals surface area contributed by atoms with Crippen molar-refractivity contribution < 1.29 is 0 Å². The van der Waals surface area contributed by atoms with Crippen LogP contribution >= 0.6 is 11.3 Å². The number of rotatable bonds is 4. The van der Waals surface area contributed by atoms with Crippen LogP contribution < -0.4 is 5.32 Å². The van der Waals surface area contributed by atoms with E-state index < -0.39 is 0 Å². The SMILES string of the molecule is CC(NCC1CC1)c1ccc2scnc2c1. The van der Waals surface area contributed by atoms with Crippen molar-refractivity contribution in [3.05, 3.63) is 29.3 Å². The summed E-state index contributed by atoms with van der Waals surface area (Å²) in [4.78, 5) is 4.36. The van der Waals surface area contributed by atoms with Crippen molar-refractivity contribution >= 4 is 21.6 Å². The van der Waals surface area contributed by atoms with E-state index >= 15 is 0 Å². The van der Waals surface area contributed by atoms with Crippen LogP contribution in [0, 0.1) is 5.92 Å². The molecular formula is C13H16N2S. The second-order valence-corrected chi connectivity index (χ2v) is 5.54. The van der Waals surface area contributed by atoms with Crippen LogP contribution in [0.4, 0.5) is 0 Å². The summed E-state index contributed by atoms with van der Waals surface area (Å²) in [5.41, 5.74) is 4.39. The van der Waals surface area contributed by atoms with Gasteiger partial charge in [0.15, 0.2) is 0 Å². The molecule has 3 rings (SSSR count). The highest BCUT2D eigenvalue weighted by Crippen LogP contribution is 2.29. The third-order valence-corrected chi connectivity index (χ3v) is 4.07. The van der Waals surface area contributed by atoms with Gasteiger partial charge in [0.05, 0.1) is 15.7 Å². The van der Waals surface area contributed by atoms with Crippen LogP contribution in [0.25, 0.3) is 10.2 Å². The minimum atomic E-state index is 0.437. The van der Waals surface area contributed by atoms with Crippen LogP contribution in [-0.2, 0) is 0 Å². The molecule has 0 aliphatic heterocycles. The van der Waals surface area contributed by atoms with Crippen molar-refractivity contribution in [2.24, 2.45) is 5.92 Å². The van der Waals surface area contributed by atoms with Crippen molar-refractivity contribution in [2.45, 2.75) is 25.8 Å². The molecule has 84 valence electrons. The Hall–Kier alpha value is -0.930. The van der Waals surface area contributed by atoms with E-state index in [-0.39, 0.29) is 0 Å². The number of fused-ring (bicyclic) bond motifs is 1. The number of benzene rings is 1. The summed E-state index contributed by atoms with van der Waals surface area (Å²) in [6, 6.07) is 7.03. The molecule has 1 aliphatic carbocycles. The topological polar surface area (TPSA) is 24.9 Å². The van der Waals surface area contributed by atoms with Gasteiger partial charge in [0.25, 0.3) is 0 Å². The van der Waals surface area contributed by atoms with Gasteiger partial charge in [-0.05, 0) is 49.9 Å². The fraction of sp³-hybridized carbons (Fsp3) is 0.462. The van der Waals surface area contributed by atoms with E-state index in [0.29, 0.717) is 6.04 Å². The van der Waals surface area contributed by atoms with E-state index in [1.54, 1.807) is 11.3 Å².